The number of hydrogen-bond acceptors (Lipinski definition) is 2. The maximum atomic E-state index is 11.8. The third-order valence-electron chi connectivity index (χ3n) is 3.12. The molecule has 0 amide bonds. The van der Waals surface area contributed by atoms with Gasteiger partial charge in [0.05, 0.1) is 7.11 Å². The Morgan fingerprint density at radius 3 is 2.33 bits per heavy atom. The van der Waals surface area contributed by atoms with Crippen LogP contribution in [-0.2, 0) is 11.2 Å². The molecule has 0 aliphatic rings. The van der Waals surface area contributed by atoms with Crippen LogP contribution in [0.5, 0.6) is 5.75 Å². The van der Waals surface area contributed by atoms with Gasteiger partial charge in [0.25, 0.3) is 0 Å². The van der Waals surface area contributed by atoms with Crippen LogP contribution in [0.15, 0.2) is 24.3 Å². The van der Waals surface area contributed by atoms with E-state index >= 15 is 0 Å². The summed E-state index contributed by atoms with van der Waals surface area (Å²) in [6, 6.07) is 7.75. The first-order valence-electron chi connectivity index (χ1n) is 6.91. The minimum absolute atomic E-state index is 0.344. The first-order chi connectivity index (χ1) is 8.76. The van der Waals surface area contributed by atoms with Crippen molar-refractivity contribution in [3.05, 3.63) is 29.8 Å². The zero-order chi connectivity index (χ0) is 13.2. The van der Waals surface area contributed by atoms with Gasteiger partial charge in [0.2, 0.25) is 0 Å². The van der Waals surface area contributed by atoms with Crippen LogP contribution >= 0.6 is 0 Å². The molecule has 0 saturated heterocycles. The molecule has 0 atom stereocenters. The Labute approximate surface area is 110 Å². The van der Waals surface area contributed by atoms with Crippen LogP contribution in [0.2, 0.25) is 0 Å². The molecule has 0 radical (unpaired) electrons. The monoisotopic (exact) mass is 248 g/mol. The molecule has 0 aliphatic heterocycles. The lowest BCUT2D eigenvalue weighted by atomic mass is 10.0. The summed E-state index contributed by atoms with van der Waals surface area (Å²) in [7, 11) is 1.65. The molecule has 0 aliphatic carbocycles. The maximum absolute atomic E-state index is 11.8. The van der Waals surface area contributed by atoms with E-state index in [4.69, 9.17) is 4.74 Å². The summed E-state index contributed by atoms with van der Waals surface area (Å²) in [5, 5.41) is 0. The van der Waals surface area contributed by atoms with Gasteiger partial charge in [0.15, 0.2) is 0 Å². The van der Waals surface area contributed by atoms with Crippen LogP contribution in [0.25, 0.3) is 0 Å². The molecule has 1 rings (SSSR count). The third kappa shape index (κ3) is 5.85. The Morgan fingerprint density at radius 1 is 1.06 bits per heavy atom. The Morgan fingerprint density at radius 2 is 1.72 bits per heavy atom. The molecule has 0 N–H and O–H groups in total. The fraction of sp³-hybridized carbons (Fsp3) is 0.562. The standard InChI is InChI=1S/C16H24O2/c1-3-4-5-6-7-8-15(17)13-14-9-11-16(18-2)12-10-14/h9-12H,3-8,13H2,1-2H3. The second-order valence-electron chi connectivity index (χ2n) is 4.73. The van der Waals surface area contributed by atoms with Gasteiger partial charge in [-0.25, -0.2) is 0 Å². The second kappa shape index (κ2) is 8.73. The summed E-state index contributed by atoms with van der Waals surface area (Å²) >= 11 is 0. The average molecular weight is 248 g/mol. The summed E-state index contributed by atoms with van der Waals surface area (Å²) in [6.07, 6.45) is 7.28. The van der Waals surface area contributed by atoms with Crippen molar-refractivity contribution in [3.8, 4) is 5.75 Å². The molecule has 2 heteroatoms. The lowest BCUT2D eigenvalue weighted by molar-refractivity contribution is -0.118. The van der Waals surface area contributed by atoms with Crippen molar-refractivity contribution in [2.45, 2.75) is 51.9 Å². The lowest BCUT2D eigenvalue weighted by Gasteiger charge is -2.03. The Balaban J connectivity index is 2.22. The van der Waals surface area contributed by atoms with Gasteiger partial charge in [-0.2, -0.15) is 0 Å². The Hall–Kier alpha value is -1.31. The normalized spacial score (nSPS) is 10.3. The van der Waals surface area contributed by atoms with Crippen molar-refractivity contribution in [1.82, 2.24) is 0 Å². The summed E-state index contributed by atoms with van der Waals surface area (Å²) in [5.74, 6) is 1.18. The van der Waals surface area contributed by atoms with Gasteiger partial charge in [-0.05, 0) is 24.1 Å². The smallest absolute Gasteiger partial charge is 0.137 e. The number of unbranched alkanes of at least 4 members (excludes halogenated alkanes) is 4. The summed E-state index contributed by atoms with van der Waals surface area (Å²) < 4.78 is 5.09. The van der Waals surface area contributed by atoms with Crippen molar-refractivity contribution < 1.29 is 9.53 Å². The molecule has 0 unspecified atom stereocenters. The van der Waals surface area contributed by atoms with E-state index in [9.17, 15) is 4.79 Å². The second-order valence-corrected chi connectivity index (χ2v) is 4.73. The van der Waals surface area contributed by atoms with Crippen molar-refractivity contribution in [1.29, 1.82) is 0 Å². The minimum atomic E-state index is 0.344. The molecule has 1 aromatic rings. The molecule has 0 bridgehead atoms. The predicted octanol–water partition coefficient (Wildman–Crippen LogP) is 4.17. The van der Waals surface area contributed by atoms with Gasteiger partial charge in [-0.1, -0.05) is 44.7 Å². The highest BCUT2D eigenvalue weighted by atomic mass is 16.5. The van der Waals surface area contributed by atoms with Gasteiger partial charge in [0.1, 0.15) is 11.5 Å². The Bertz CT molecular complexity index is 341. The van der Waals surface area contributed by atoms with Crippen LogP contribution in [-0.4, -0.2) is 12.9 Å². The van der Waals surface area contributed by atoms with Crippen LogP contribution in [0.3, 0.4) is 0 Å². The average Bonchev–Trinajstić information content (AvgIpc) is 2.39. The molecule has 2 nitrogen and oxygen atoms in total. The largest absolute Gasteiger partial charge is 0.497 e. The van der Waals surface area contributed by atoms with Gasteiger partial charge < -0.3 is 4.74 Å². The van der Waals surface area contributed by atoms with Crippen molar-refractivity contribution >= 4 is 5.78 Å². The maximum Gasteiger partial charge on any atom is 0.137 e. The first-order valence-corrected chi connectivity index (χ1v) is 6.91. The van der Waals surface area contributed by atoms with E-state index in [0.717, 1.165) is 24.2 Å². The van der Waals surface area contributed by atoms with Crippen molar-refractivity contribution in [2.24, 2.45) is 0 Å². The molecule has 100 valence electrons. The molecule has 0 aromatic heterocycles. The van der Waals surface area contributed by atoms with E-state index < -0.39 is 0 Å². The molecule has 0 fully saturated rings. The molecule has 0 spiro atoms. The number of methoxy groups -OCH3 is 1. The molecule has 0 saturated carbocycles. The lowest BCUT2D eigenvalue weighted by Crippen LogP contribution is -2.02. The van der Waals surface area contributed by atoms with Gasteiger partial charge in [-0.3, -0.25) is 4.79 Å². The Kier molecular flexibility index (Phi) is 7.16. The summed E-state index contributed by atoms with van der Waals surface area (Å²) in [4.78, 5) is 11.8. The van der Waals surface area contributed by atoms with Crippen LogP contribution in [0.4, 0.5) is 0 Å². The molecular formula is C16H24O2. The number of ketones is 1. The number of Topliss-reactive ketones (excluding diaryl/α,β-unsaturated/α-hetero) is 1. The highest BCUT2D eigenvalue weighted by Gasteiger charge is 2.03. The van der Waals surface area contributed by atoms with E-state index in [2.05, 4.69) is 6.92 Å². The quantitative estimate of drug-likeness (QED) is 0.613. The minimum Gasteiger partial charge on any atom is -0.497 e. The highest BCUT2D eigenvalue weighted by molar-refractivity contribution is 5.80. The van der Waals surface area contributed by atoms with Crippen LogP contribution in [0.1, 0.15) is 51.0 Å². The third-order valence-corrected chi connectivity index (χ3v) is 3.12. The molecular weight excluding hydrogens is 224 g/mol. The zero-order valence-corrected chi connectivity index (χ0v) is 11.6. The van der Waals surface area contributed by atoms with E-state index in [-0.39, 0.29) is 0 Å². The van der Waals surface area contributed by atoms with Crippen LogP contribution in [0, 0.1) is 0 Å². The first kappa shape index (κ1) is 14.7. The number of ether oxygens (including phenoxy) is 1. The van der Waals surface area contributed by atoms with Crippen molar-refractivity contribution in [3.63, 3.8) is 0 Å². The molecule has 18 heavy (non-hydrogen) atoms. The predicted molar refractivity (Wildman–Crippen MR) is 75.1 cm³/mol. The fourth-order valence-electron chi connectivity index (χ4n) is 1.99. The fourth-order valence-corrected chi connectivity index (χ4v) is 1.99. The number of benzene rings is 1. The van der Waals surface area contributed by atoms with Crippen molar-refractivity contribution in [2.75, 3.05) is 7.11 Å². The zero-order valence-electron chi connectivity index (χ0n) is 11.6. The number of hydrogen-bond donors (Lipinski definition) is 0. The van der Waals surface area contributed by atoms with Gasteiger partial charge in [0, 0.05) is 12.8 Å². The topological polar surface area (TPSA) is 26.3 Å². The van der Waals surface area contributed by atoms with Gasteiger partial charge >= 0.3 is 0 Å². The number of carbonyl (C=O) groups excluding carboxylic acids is 1. The van der Waals surface area contributed by atoms with Gasteiger partial charge in [-0.15, -0.1) is 0 Å². The van der Waals surface area contributed by atoms with E-state index in [1.807, 2.05) is 24.3 Å². The van der Waals surface area contributed by atoms with E-state index in [1.54, 1.807) is 7.11 Å². The molecule has 0 heterocycles. The molecule has 1 aromatic carbocycles. The highest BCUT2D eigenvalue weighted by Crippen LogP contribution is 2.13. The summed E-state index contributed by atoms with van der Waals surface area (Å²) in [5.41, 5.74) is 1.08. The SMILES string of the molecule is CCCCCCCC(=O)Cc1ccc(OC)cc1. The van der Waals surface area contributed by atoms with Crippen LogP contribution < -0.4 is 4.74 Å². The number of rotatable bonds is 9. The van der Waals surface area contributed by atoms with E-state index in [1.165, 1.54) is 25.7 Å². The number of carbonyl (C=O) groups is 1. The van der Waals surface area contributed by atoms with E-state index in [0.29, 0.717) is 12.2 Å². The summed E-state index contributed by atoms with van der Waals surface area (Å²) in [6.45, 7) is 2.20.